The Kier molecular flexibility index (Phi) is 11.7. The van der Waals surface area contributed by atoms with Gasteiger partial charge in [-0.25, -0.2) is 0 Å². The van der Waals surface area contributed by atoms with E-state index in [0.717, 1.165) is 0 Å². The van der Waals surface area contributed by atoms with Crippen molar-refractivity contribution in [3.8, 4) is 0 Å². The standard InChI is InChI=1S/C24H42O19/c1-5-9(27)13(31)16(34)22(38-5)42-19-15(33)12(30)8(4-26)40-24(19)41-18-10(28)6(2)37-21(36)20(18)43-23-17(35)14(32)11(29)7(3-25)39-23/h5-36H,3-4H2,1-2H3/t5-,6+,7+,8+,9-,10-,11+,12+,13+,14-,15-,16+,17+,18-,19+,20+,21?,22-,23-,24-/m0/s1. The Morgan fingerprint density at radius 1 is 0.419 bits per heavy atom. The van der Waals surface area contributed by atoms with Crippen molar-refractivity contribution in [3.63, 3.8) is 0 Å². The summed E-state index contributed by atoms with van der Waals surface area (Å²) in [5.74, 6) is 0. The molecule has 0 aromatic carbocycles. The van der Waals surface area contributed by atoms with E-state index in [1.807, 2.05) is 0 Å². The maximum atomic E-state index is 11.0. The Morgan fingerprint density at radius 3 is 1.44 bits per heavy atom. The predicted octanol–water partition coefficient (Wildman–Crippen LogP) is -7.69. The van der Waals surface area contributed by atoms with Gasteiger partial charge in [0.05, 0.1) is 25.4 Å². The van der Waals surface area contributed by atoms with Crippen LogP contribution in [0.5, 0.6) is 0 Å². The SMILES string of the molecule is C[C@@H]1O[C@@H](O[C@H]2[C@H](O[C@H]3[C@@H](O)[C@@H](C)OC(O)[C@@H]3O[C@@H]3O[C@H](CO)[C@@H](O)[C@H](O)[C@H]3O)O[C@H](CO)[C@@H](O)[C@@H]2O)[C@H](O)[C@H](O)[C@H]1O. The molecule has 20 atom stereocenters. The highest BCUT2D eigenvalue weighted by atomic mass is 16.8. The van der Waals surface area contributed by atoms with Crippen molar-refractivity contribution in [2.45, 2.75) is 137 Å². The Balaban J connectivity index is 1.60. The summed E-state index contributed by atoms with van der Waals surface area (Å²) < 4.78 is 38.8. The highest BCUT2D eigenvalue weighted by Crippen LogP contribution is 2.34. The van der Waals surface area contributed by atoms with Crippen LogP contribution in [0.25, 0.3) is 0 Å². The van der Waals surface area contributed by atoms with Crippen molar-refractivity contribution < 1.29 is 94.4 Å². The third-order valence-corrected chi connectivity index (χ3v) is 8.13. The van der Waals surface area contributed by atoms with E-state index < -0.39 is 136 Å². The van der Waals surface area contributed by atoms with E-state index in [1.165, 1.54) is 13.8 Å². The maximum absolute atomic E-state index is 11.0. The Hall–Kier alpha value is -0.760. The van der Waals surface area contributed by atoms with E-state index in [2.05, 4.69) is 0 Å². The van der Waals surface area contributed by atoms with Gasteiger partial charge in [0.25, 0.3) is 0 Å². The molecule has 0 amide bonds. The fourth-order valence-corrected chi connectivity index (χ4v) is 5.39. The summed E-state index contributed by atoms with van der Waals surface area (Å²) >= 11 is 0. The van der Waals surface area contributed by atoms with Gasteiger partial charge in [-0.05, 0) is 13.8 Å². The van der Waals surface area contributed by atoms with E-state index in [4.69, 9.17) is 33.2 Å². The molecule has 0 aromatic rings. The normalized spacial score (nSPS) is 54.8. The van der Waals surface area contributed by atoms with Crippen LogP contribution >= 0.6 is 0 Å². The second-order valence-corrected chi connectivity index (χ2v) is 11.1. The van der Waals surface area contributed by atoms with Crippen LogP contribution in [0.3, 0.4) is 0 Å². The molecular formula is C24H42O19. The van der Waals surface area contributed by atoms with Crippen molar-refractivity contribution in [2.75, 3.05) is 13.2 Å². The first kappa shape index (κ1) is 35.1. The first-order chi connectivity index (χ1) is 20.2. The highest BCUT2D eigenvalue weighted by Gasteiger charge is 2.55. The van der Waals surface area contributed by atoms with E-state index in [1.54, 1.807) is 0 Å². The molecule has 12 N–H and O–H groups in total. The zero-order chi connectivity index (χ0) is 31.9. The molecule has 0 radical (unpaired) electrons. The number of aliphatic hydroxyl groups excluding tert-OH is 12. The molecule has 4 aliphatic heterocycles. The second-order valence-electron chi connectivity index (χ2n) is 11.1. The van der Waals surface area contributed by atoms with Crippen LogP contribution in [0.1, 0.15) is 13.8 Å². The molecule has 0 saturated carbocycles. The lowest BCUT2D eigenvalue weighted by molar-refractivity contribution is -0.399. The van der Waals surface area contributed by atoms with Crippen LogP contribution in [0.15, 0.2) is 0 Å². The molecule has 1 unspecified atom stereocenters. The van der Waals surface area contributed by atoms with Gasteiger partial charge in [-0.1, -0.05) is 0 Å². The van der Waals surface area contributed by atoms with E-state index >= 15 is 0 Å². The Labute approximate surface area is 244 Å². The van der Waals surface area contributed by atoms with Gasteiger partial charge in [-0.3, -0.25) is 0 Å². The molecule has 19 heteroatoms. The van der Waals surface area contributed by atoms with Crippen LogP contribution in [-0.4, -0.2) is 197 Å². The molecule has 43 heavy (non-hydrogen) atoms. The van der Waals surface area contributed by atoms with Crippen molar-refractivity contribution in [1.29, 1.82) is 0 Å². The van der Waals surface area contributed by atoms with Crippen LogP contribution in [0.2, 0.25) is 0 Å². The predicted molar refractivity (Wildman–Crippen MR) is 131 cm³/mol. The second kappa shape index (κ2) is 14.3. The average Bonchev–Trinajstić information content (AvgIpc) is 2.98. The van der Waals surface area contributed by atoms with Gasteiger partial charge in [0.15, 0.2) is 25.2 Å². The minimum absolute atomic E-state index is 0.786. The van der Waals surface area contributed by atoms with Gasteiger partial charge in [0, 0.05) is 0 Å². The van der Waals surface area contributed by atoms with Gasteiger partial charge >= 0.3 is 0 Å². The number of rotatable bonds is 8. The number of hydrogen-bond acceptors (Lipinski definition) is 19. The smallest absolute Gasteiger partial charge is 0.187 e. The fraction of sp³-hybridized carbons (Fsp3) is 1.00. The van der Waals surface area contributed by atoms with Crippen molar-refractivity contribution in [2.24, 2.45) is 0 Å². The first-order valence-electron chi connectivity index (χ1n) is 13.8. The quantitative estimate of drug-likeness (QED) is 0.118. The van der Waals surface area contributed by atoms with Crippen LogP contribution in [0.4, 0.5) is 0 Å². The third-order valence-electron chi connectivity index (χ3n) is 8.13. The molecule has 0 aliphatic carbocycles. The van der Waals surface area contributed by atoms with E-state index in [-0.39, 0.29) is 0 Å². The van der Waals surface area contributed by atoms with Gasteiger partial charge < -0.3 is 94.4 Å². The zero-order valence-electron chi connectivity index (χ0n) is 23.2. The highest BCUT2D eigenvalue weighted by molar-refractivity contribution is 4.97. The summed E-state index contributed by atoms with van der Waals surface area (Å²) in [6, 6.07) is 0. The molecule has 19 nitrogen and oxygen atoms in total. The summed E-state index contributed by atoms with van der Waals surface area (Å²) in [6.07, 6.45) is -33.2. The van der Waals surface area contributed by atoms with Gasteiger partial charge in [0.2, 0.25) is 0 Å². The van der Waals surface area contributed by atoms with Gasteiger partial charge in [-0.15, -0.1) is 0 Å². The molecular weight excluding hydrogens is 592 g/mol. The van der Waals surface area contributed by atoms with E-state index in [0.29, 0.717) is 0 Å². The summed E-state index contributed by atoms with van der Waals surface area (Å²) in [7, 11) is 0. The number of ether oxygens (including phenoxy) is 7. The average molecular weight is 635 g/mol. The lowest BCUT2D eigenvalue weighted by Crippen LogP contribution is -2.67. The maximum Gasteiger partial charge on any atom is 0.187 e. The molecule has 4 saturated heterocycles. The lowest BCUT2D eigenvalue weighted by atomic mass is 9.96. The largest absolute Gasteiger partial charge is 0.394 e. The number of aliphatic hydroxyl groups is 12. The summed E-state index contributed by atoms with van der Waals surface area (Å²) in [6.45, 7) is 1.12. The summed E-state index contributed by atoms with van der Waals surface area (Å²) in [4.78, 5) is 0. The van der Waals surface area contributed by atoms with Gasteiger partial charge in [-0.2, -0.15) is 0 Å². The third kappa shape index (κ3) is 7.00. The minimum Gasteiger partial charge on any atom is -0.394 e. The minimum atomic E-state index is -1.91. The number of hydrogen-bond donors (Lipinski definition) is 12. The van der Waals surface area contributed by atoms with Crippen molar-refractivity contribution in [1.82, 2.24) is 0 Å². The summed E-state index contributed by atoms with van der Waals surface area (Å²) in [5.41, 5.74) is 0. The molecule has 0 aromatic heterocycles. The fourth-order valence-electron chi connectivity index (χ4n) is 5.39. The Bertz CT molecular complexity index is 884. The zero-order valence-corrected chi connectivity index (χ0v) is 23.2. The molecule has 0 spiro atoms. The molecule has 4 fully saturated rings. The topological polar surface area (TPSA) is 307 Å². The molecule has 252 valence electrons. The molecule has 0 bridgehead atoms. The lowest BCUT2D eigenvalue weighted by Gasteiger charge is -2.49. The van der Waals surface area contributed by atoms with Crippen molar-refractivity contribution >= 4 is 0 Å². The first-order valence-corrected chi connectivity index (χ1v) is 13.8. The van der Waals surface area contributed by atoms with Gasteiger partial charge in [0.1, 0.15) is 85.5 Å². The Morgan fingerprint density at radius 2 is 0.860 bits per heavy atom. The molecule has 4 aliphatic rings. The van der Waals surface area contributed by atoms with E-state index in [9.17, 15) is 61.3 Å². The summed E-state index contributed by atoms with van der Waals surface area (Å²) in [5, 5.41) is 123. The van der Waals surface area contributed by atoms with Crippen LogP contribution in [0, 0.1) is 0 Å². The van der Waals surface area contributed by atoms with Crippen LogP contribution in [-0.2, 0) is 33.2 Å². The monoisotopic (exact) mass is 634 g/mol. The molecule has 4 heterocycles. The molecule has 4 rings (SSSR count). The van der Waals surface area contributed by atoms with Crippen LogP contribution < -0.4 is 0 Å². The van der Waals surface area contributed by atoms with Crippen molar-refractivity contribution in [3.05, 3.63) is 0 Å².